The largest absolute Gasteiger partial charge is 0.343 e. The van der Waals surface area contributed by atoms with Crippen LogP contribution in [0.4, 0.5) is 0 Å². The van der Waals surface area contributed by atoms with E-state index >= 15 is 0 Å². The van der Waals surface area contributed by atoms with Crippen LogP contribution in [0.2, 0.25) is 0 Å². The van der Waals surface area contributed by atoms with Crippen molar-refractivity contribution in [3.05, 3.63) is 16.8 Å². The van der Waals surface area contributed by atoms with E-state index in [2.05, 4.69) is 45.6 Å². The molecule has 0 saturated heterocycles. The lowest BCUT2D eigenvalue weighted by molar-refractivity contribution is 0.409. The van der Waals surface area contributed by atoms with E-state index in [1.807, 2.05) is 0 Å². The molecule has 0 radical (unpaired) electrons. The average Bonchev–Trinajstić information content (AvgIpc) is 2.86. The van der Waals surface area contributed by atoms with Gasteiger partial charge in [-0.2, -0.15) is 4.98 Å². The summed E-state index contributed by atoms with van der Waals surface area (Å²) in [6.45, 7) is -0.0730. The molecule has 9 nitrogen and oxygen atoms in total. The van der Waals surface area contributed by atoms with Gasteiger partial charge < -0.3 is 4.52 Å². The molecule has 0 aliphatic carbocycles. The first-order valence-electron chi connectivity index (χ1n) is 4.31. The molecule has 11 heteroatoms. The van der Waals surface area contributed by atoms with E-state index in [1.165, 1.54) is 7.05 Å². The molecule has 0 aliphatic rings. The summed E-state index contributed by atoms with van der Waals surface area (Å²) in [7, 11) is -2.26. The van der Waals surface area contributed by atoms with Crippen LogP contribution in [-0.2, 0) is 23.6 Å². The smallest absolute Gasteiger partial charge is 0.260 e. The van der Waals surface area contributed by atoms with Crippen LogP contribution in [0.15, 0.2) is 20.5 Å². The molecular formula is C6H7BrN6O3S. The van der Waals surface area contributed by atoms with Crippen molar-refractivity contribution in [2.24, 2.45) is 7.05 Å². The molecule has 1 N–H and O–H groups in total. The highest BCUT2D eigenvalue weighted by atomic mass is 79.9. The second-order valence-corrected chi connectivity index (χ2v) is 5.41. The van der Waals surface area contributed by atoms with Crippen molar-refractivity contribution in [3.8, 4) is 0 Å². The van der Waals surface area contributed by atoms with Gasteiger partial charge in [0.25, 0.3) is 10.0 Å². The topological polar surface area (TPSA) is 116 Å². The molecule has 2 rings (SSSR count). The first-order chi connectivity index (χ1) is 8.00. The molecule has 0 aliphatic heterocycles. The van der Waals surface area contributed by atoms with Crippen LogP contribution >= 0.6 is 15.9 Å². The maximum Gasteiger partial charge on any atom is 0.260 e. The van der Waals surface area contributed by atoms with Crippen LogP contribution in [0.3, 0.4) is 0 Å². The molecule has 0 aromatic carbocycles. The first kappa shape index (κ1) is 12.1. The van der Waals surface area contributed by atoms with Crippen LogP contribution in [0, 0.1) is 0 Å². The molecule has 2 aromatic heterocycles. The van der Waals surface area contributed by atoms with Crippen molar-refractivity contribution in [2.45, 2.75) is 11.6 Å². The van der Waals surface area contributed by atoms with E-state index in [9.17, 15) is 8.42 Å². The van der Waals surface area contributed by atoms with Gasteiger partial charge in [-0.25, -0.2) is 17.8 Å². The van der Waals surface area contributed by atoms with Crippen molar-refractivity contribution >= 4 is 26.0 Å². The molecule has 92 valence electrons. The number of halogens is 1. The number of rotatable bonds is 4. The Hall–Kier alpha value is -1.33. The number of hydrogen-bond acceptors (Lipinski definition) is 7. The van der Waals surface area contributed by atoms with Gasteiger partial charge in [0.2, 0.25) is 11.4 Å². The minimum absolute atomic E-state index is 0.0685. The van der Waals surface area contributed by atoms with Crippen molar-refractivity contribution in [1.29, 1.82) is 0 Å². The van der Waals surface area contributed by atoms with Crippen LogP contribution in [-0.4, -0.2) is 33.6 Å². The normalized spacial score (nSPS) is 11.9. The SMILES string of the molecule is Cn1nnc(Br)c1S(=O)(=O)NCc1ncon1. The summed E-state index contributed by atoms with van der Waals surface area (Å²) >= 11 is 3.01. The summed E-state index contributed by atoms with van der Waals surface area (Å²) in [5.41, 5.74) is 0. The van der Waals surface area contributed by atoms with Crippen LogP contribution in [0.5, 0.6) is 0 Å². The zero-order valence-corrected chi connectivity index (χ0v) is 10.9. The average molecular weight is 323 g/mol. The molecular weight excluding hydrogens is 316 g/mol. The molecule has 0 unspecified atom stereocenters. The minimum atomic E-state index is -3.73. The Morgan fingerprint density at radius 1 is 1.59 bits per heavy atom. The molecule has 0 amide bonds. The highest BCUT2D eigenvalue weighted by Gasteiger charge is 2.23. The number of aryl methyl sites for hydroxylation is 1. The van der Waals surface area contributed by atoms with Crippen molar-refractivity contribution < 1.29 is 12.9 Å². The molecule has 2 heterocycles. The van der Waals surface area contributed by atoms with Crippen LogP contribution < -0.4 is 4.72 Å². The van der Waals surface area contributed by atoms with E-state index in [4.69, 9.17) is 0 Å². The quantitative estimate of drug-likeness (QED) is 0.801. The Morgan fingerprint density at radius 3 is 2.88 bits per heavy atom. The third kappa shape index (κ3) is 2.50. The summed E-state index contributed by atoms with van der Waals surface area (Å²) in [5, 5.41) is 10.6. The van der Waals surface area contributed by atoms with Gasteiger partial charge >= 0.3 is 0 Å². The summed E-state index contributed by atoms with van der Waals surface area (Å²) in [4.78, 5) is 3.69. The second-order valence-electron chi connectivity index (χ2n) is 2.98. The predicted molar refractivity (Wildman–Crippen MR) is 57.0 cm³/mol. The Morgan fingerprint density at radius 2 is 2.35 bits per heavy atom. The zero-order valence-electron chi connectivity index (χ0n) is 8.53. The Kier molecular flexibility index (Phi) is 3.22. The minimum Gasteiger partial charge on any atom is -0.343 e. The van der Waals surface area contributed by atoms with Gasteiger partial charge in [0, 0.05) is 7.05 Å². The van der Waals surface area contributed by atoms with E-state index in [1.54, 1.807) is 0 Å². The van der Waals surface area contributed by atoms with Gasteiger partial charge in [0.05, 0.1) is 6.54 Å². The van der Waals surface area contributed by atoms with Crippen molar-refractivity contribution in [1.82, 2.24) is 29.9 Å². The fourth-order valence-corrected chi connectivity index (χ4v) is 3.18. The monoisotopic (exact) mass is 322 g/mol. The molecule has 0 bridgehead atoms. The lowest BCUT2D eigenvalue weighted by atomic mass is 10.6. The fraction of sp³-hybridized carbons (Fsp3) is 0.333. The Labute approximate surface area is 104 Å². The standard InChI is InChI=1S/C6H7BrN6O3S/c1-13-6(5(7)10-12-13)17(14,15)9-2-4-8-3-16-11-4/h3,9H,2H2,1H3. The van der Waals surface area contributed by atoms with Gasteiger partial charge in [-0.05, 0) is 15.9 Å². The molecule has 0 fully saturated rings. The number of hydrogen-bond donors (Lipinski definition) is 1. The van der Waals surface area contributed by atoms with Crippen molar-refractivity contribution in [2.75, 3.05) is 0 Å². The van der Waals surface area contributed by atoms with E-state index in [0.717, 1.165) is 11.1 Å². The Balaban J connectivity index is 2.20. The van der Waals surface area contributed by atoms with Crippen molar-refractivity contribution in [3.63, 3.8) is 0 Å². The Bertz CT molecular complexity index is 586. The maximum absolute atomic E-state index is 11.9. The lowest BCUT2D eigenvalue weighted by Crippen LogP contribution is -2.26. The molecule has 17 heavy (non-hydrogen) atoms. The summed E-state index contributed by atoms with van der Waals surface area (Å²) in [5.74, 6) is 0.236. The highest BCUT2D eigenvalue weighted by Crippen LogP contribution is 2.17. The van der Waals surface area contributed by atoms with Gasteiger partial charge in [0.15, 0.2) is 10.4 Å². The third-order valence-electron chi connectivity index (χ3n) is 1.82. The number of nitrogens with zero attached hydrogens (tertiary/aromatic N) is 5. The lowest BCUT2D eigenvalue weighted by Gasteiger charge is -2.04. The van der Waals surface area contributed by atoms with Gasteiger partial charge in [-0.1, -0.05) is 10.4 Å². The van der Waals surface area contributed by atoms with E-state index in [-0.39, 0.29) is 22.0 Å². The van der Waals surface area contributed by atoms with Gasteiger partial charge in [0.1, 0.15) is 0 Å². The zero-order chi connectivity index (χ0) is 12.5. The van der Waals surface area contributed by atoms with Gasteiger partial charge in [-0.3, -0.25) is 0 Å². The summed E-state index contributed by atoms with van der Waals surface area (Å²) in [6, 6.07) is 0. The molecule has 0 spiro atoms. The van der Waals surface area contributed by atoms with Gasteiger partial charge in [-0.15, -0.1) is 5.10 Å². The van der Waals surface area contributed by atoms with E-state index < -0.39 is 10.0 Å². The summed E-state index contributed by atoms with van der Waals surface area (Å²) in [6.07, 6.45) is 1.12. The molecule has 0 saturated carbocycles. The second kappa shape index (κ2) is 4.50. The fourth-order valence-electron chi connectivity index (χ4n) is 1.11. The maximum atomic E-state index is 11.9. The number of nitrogens with one attached hydrogen (secondary N) is 1. The number of aromatic nitrogens is 5. The molecule has 0 atom stereocenters. The summed E-state index contributed by atoms with van der Waals surface area (Å²) < 4.78 is 31.9. The third-order valence-corrected chi connectivity index (χ3v) is 4.11. The highest BCUT2D eigenvalue weighted by molar-refractivity contribution is 9.10. The van der Waals surface area contributed by atoms with Crippen LogP contribution in [0.25, 0.3) is 0 Å². The molecule has 2 aromatic rings. The predicted octanol–water partition coefficient (Wildman–Crippen LogP) is -0.561. The van der Waals surface area contributed by atoms with Crippen LogP contribution in [0.1, 0.15) is 5.82 Å². The van der Waals surface area contributed by atoms with E-state index in [0.29, 0.717) is 0 Å². The number of sulfonamides is 1. The first-order valence-corrected chi connectivity index (χ1v) is 6.58.